The smallest absolute Gasteiger partial charge is 0.254 e. The van der Waals surface area contributed by atoms with Gasteiger partial charge in [0.15, 0.2) is 0 Å². The number of nitrogens with zero attached hydrogens (tertiary/aromatic N) is 1. The number of rotatable bonds is 8. The Morgan fingerprint density at radius 1 is 1.19 bits per heavy atom. The quantitative estimate of drug-likeness (QED) is 0.801. The van der Waals surface area contributed by atoms with Crippen LogP contribution in [0, 0.1) is 0 Å². The SMILES string of the molecule is CCC(CC)N(CCO)C(=O)c1ccc(OC(C)C)cc1. The van der Waals surface area contributed by atoms with Crippen molar-refractivity contribution in [1.82, 2.24) is 4.90 Å². The molecule has 0 unspecified atom stereocenters. The monoisotopic (exact) mass is 293 g/mol. The first-order valence-electron chi connectivity index (χ1n) is 7.71. The molecule has 1 aromatic carbocycles. The molecule has 0 aliphatic rings. The number of carbonyl (C=O) groups excluding carboxylic acids is 1. The van der Waals surface area contributed by atoms with Gasteiger partial charge in [0.25, 0.3) is 5.91 Å². The normalized spacial score (nSPS) is 11.0. The highest BCUT2D eigenvalue weighted by Crippen LogP contribution is 2.17. The van der Waals surface area contributed by atoms with E-state index in [0.717, 1.165) is 18.6 Å². The molecule has 0 atom stereocenters. The van der Waals surface area contributed by atoms with Crippen molar-refractivity contribution in [3.63, 3.8) is 0 Å². The molecule has 1 rings (SSSR count). The molecule has 0 saturated heterocycles. The predicted octanol–water partition coefficient (Wildman–Crippen LogP) is 3.10. The van der Waals surface area contributed by atoms with Crippen LogP contribution in [0.15, 0.2) is 24.3 Å². The summed E-state index contributed by atoms with van der Waals surface area (Å²) in [7, 11) is 0. The van der Waals surface area contributed by atoms with Crippen molar-refractivity contribution in [3.05, 3.63) is 29.8 Å². The number of hydrogen-bond donors (Lipinski definition) is 1. The maximum atomic E-state index is 12.6. The first kappa shape index (κ1) is 17.5. The molecule has 1 aromatic rings. The lowest BCUT2D eigenvalue weighted by Gasteiger charge is -2.30. The van der Waals surface area contributed by atoms with Gasteiger partial charge in [-0.1, -0.05) is 13.8 Å². The molecule has 0 bridgehead atoms. The van der Waals surface area contributed by atoms with Gasteiger partial charge in [0.2, 0.25) is 0 Å². The third kappa shape index (κ3) is 5.05. The van der Waals surface area contributed by atoms with Crippen molar-refractivity contribution in [2.24, 2.45) is 0 Å². The molecule has 0 spiro atoms. The van der Waals surface area contributed by atoms with E-state index in [1.54, 1.807) is 17.0 Å². The number of aliphatic hydroxyl groups excluding tert-OH is 1. The summed E-state index contributed by atoms with van der Waals surface area (Å²) in [6.07, 6.45) is 1.88. The maximum absolute atomic E-state index is 12.6. The second-order valence-electron chi connectivity index (χ2n) is 5.38. The minimum Gasteiger partial charge on any atom is -0.491 e. The van der Waals surface area contributed by atoms with Gasteiger partial charge < -0.3 is 14.7 Å². The Bertz CT molecular complexity index is 424. The zero-order valence-corrected chi connectivity index (χ0v) is 13.5. The fourth-order valence-corrected chi connectivity index (χ4v) is 2.40. The first-order valence-corrected chi connectivity index (χ1v) is 7.71. The van der Waals surface area contributed by atoms with Gasteiger partial charge in [0, 0.05) is 18.2 Å². The number of benzene rings is 1. The van der Waals surface area contributed by atoms with Crippen LogP contribution >= 0.6 is 0 Å². The van der Waals surface area contributed by atoms with Gasteiger partial charge in [-0.05, 0) is 51.0 Å². The van der Waals surface area contributed by atoms with E-state index >= 15 is 0 Å². The summed E-state index contributed by atoms with van der Waals surface area (Å²) in [6.45, 7) is 8.41. The van der Waals surface area contributed by atoms with E-state index in [9.17, 15) is 9.90 Å². The third-order valence-electron chi connectivity index (χ3n) is 3.46. The molecular formula is C17H27NO3. The second-order valence-corrected chi connectivity index (χ2v) is 5.38. The third-order valence-corrected chi connectivity index (χ3v) is 3.46. The highest BCUT2D eigenvalue weighted by atomic mass is 16.5. The van der Waals surface area contributed by atoms with Crippen LogP contribution in [-0.4, -0.2) is 41.2 Å². The van der Waals surface area contributed by atoms with Gasteiger partial charge in [-0.25, -0.2) is 0 Å². The average molecular weight is 293 g/mol. The summed E-state index contributed by atoms with van der Waals surface area (Å²) in [5, 5.41) is 9.20. The fourth-order valence-electron chi connectivity index (χ4n) is 2.40. The zero-order valence-electron chi connectivity index (χ0n) is 13.5. The van der Waals surface area contributed by atoms with Gasteiger partial charge in [-0.3, -0.25) is 4.79 Å². The summed E-state index contributed by atoms with van der Waals surface area (Å²) in [5.74, 6) is 0.728. The van der Waals surface area contributed by atoms with Crippen molar-refractivity contribution >= 4 is 5.91 Å². The summed E-state index contributed by atoms with van der Waals surface area (Å²) < 4.78 is 5.58. The molecule has 21 heavy (non-hydrogen) atoms. The Balaban J connectivity index is 2.88. The molecule has 0 fully saturated rings. The number of ether oxygens (including phenoxy) is 1. The second kappa shape index (κ2) is 8.67. The molecule has 0 aliphatic carbocycles. The van der Waals surface area contributed by atoms with E-state index in [1.165, 1.54) is 0 Å². The van der Waals surface area contributed by atoms with Gasteiger partial charge in [-0.15, -0.1) is 0 Å². The van der Waals surface area contributed by atoms with Crippen LogP contribution in [0.5, 0.6) is 5.75 Å². The van der Waals surface area contributed by atoms with E-state index in [2.05, 4.69) is 13.8 Å². The molecule has 0 saturated carbocycles. The van der Waals surface area contributed by atoms with Crippen molar-refractivity contribution < 1.29 is 14.6 Å². The number of hydrogen-bond acceptors (Lipinski definition) is 3. The molecule has 0 radical (unpaired) electrons. The maximum Gasteiger partial charge on any atom is 0.254 e. The lowest BCUT2D eigenvalue weighted by molar-refractivity contribution is 0.0622. The van der Waals surface area contributed by atoms with Gasteiger partial charge >= 0.3 is 0 Å². The molecule has 118 valence electrons. The Labute approximate surface area is 127 Å². The van der Waals surface area contributed by atoms with Crippen LogP contribution in [0.1, 0.15) is 50.9 Å². The first-order chi connectivity index (χ1) is 10.0. The summed E-state index contributed by atoms with van der Waals surface area (Å²) in [6, 6.07) is 7.37. The van der Waals surface area contributed by atoms with Crippen molar-refractivity contribution in [3.8, 4) is 5.75 Å². The molecule has 0 heterocycles. The van der Waals surface area contributed by atoms with Crippen LogP contribution in [-0.2, 0) is 0 Å². The predicted molar refractivity (Wildman–Crippen MR) is 84.7 cm³/mol. The van der Waals surface area contributed by atoms with Crippen molar-refractivity contribution in [2.45, 2.75) is 52.7 Å². The fraction of sp³-hybridized carbons (Fsp3) is 0.588. The minimum atomic E-state index is -0.0335. The van der Waals surface area contributed by atoms with Gasteiger partial charge in [0.05, 0.1) is 12.7 Å². The molecular weight excluding hydrogens is 266 g/mol. The van der Waals surface area contributed by atoms with E-state index in [0.29, 0.717) is 12.1 Å². The largest absolute Gasteiger partial charge is 0.491 e. The lowest BCUT2D eigenvalue weighted by Crippen LogP contribution is -2.41. The van der Waals surface area contributed by atoms with Crippen LogP contribution in [0.25, 0.3) is 0 Å². The number of aliphatic hydroxyl groups is 1. The van der Waals surface area contributed by atoms with E-state index in [4.69, 9.17) is 4.74 Å². The number of amides is 1. The Kier molecular flexibility index (Phi) is 7.23. The van der Waals surface area contributed by atoms with Crippen LogP contribution in [0.3, 0.4) is 0 Å². The highest BCUT2D eigenvalue weighted by molar-refractivity contribution is 5.94. The van der Waals surface area contributed by atoms with Gasteiger partial charge in [0.1, 0.15) is 5.75 Å². The highest BCUT2D eigenvalue weighted by Gasteiger charge is 2.21. The van der Waals surface area contributed by atoms with Crippen LogP contribution in [0.2, 0.25) is 0 Å². The minimum absolute atomic E-state index is 0.0171. The standard InChI is InChI=1S/C17H27NO3/c1-5-15(6-2)18(11-12-19)17(20)14-7-9-16(10-8-14)21-13(3)4/h7-10,13,15,19H,5-6,11-12H2,1-4H3. The van der Waals surface area contributed by atoms with Crippen LogP contribution < -0.4 is 4.74 Å². The Morgan fingerprint density at radius 2 is 1.76 bits per heavy atom. The molecule has 0 aromatic heterocycles. The molecule has 1 amide bonds. The van der Waals surface area contributed by atoms with Crippen LogP contribution in [0.4, 0.5) is 0 Å². The summed E-state index contributed by atoms with van der Waals surface area (Å²) >= 11 is 0. The zero-order chi connectivity index (χ0) is 15.8. The molecule has 0 aliphatic heterocycles. The van der Waals surface area contributed by atoms with E-state index < -0.39 is 0 Å². The lowest BCUT2D eigenvalue weighted by atomic mass is 10.1. The topological polar surface area (TPSA) is 49.8 Å². The van der Waals surface area contributed by atoms with E-state index in [-0.39, 0.29) is 24.7 Å². The summed E-state index contributed by atoms with van der Waals surface area (Å²) in [5.41, 5.74) is 0.631. The summed E-state index contributed by atoms with van der Waals surface area (Å²) in [4.78, 5) is 14.4. The average Bonchev–Trinajstić information content (AvgIpc) is 2.47. The number of carbonyl (C=O) groups is 1. The van der Waals surface area contributed by atoms with Gasteiger partial charge in [-0.2, -0.15) is 0 Å². The molecule has 4 heteroatoms. The van der Waals surface area contributed by atoms with E-state index in [1.807, 2.05) is 26.0 Å². The Morgan fingerprint density at radius 3 is 2.19 bits per heavy atom. The van der Waals surface area contributed by atoms with Crippen molar-refractivity contribution in [1.29, 1.82) is 0 Å². The molecule has 4 nitrogen and oxygen atoms in total. The van der Waals surface area contributed by atoms with Crippen molar-refractivity contribution in [2.75, 3.05) is 13.2 Å². The Hall–Kier alpha value is -1.55. The molecule has 1 N–H and O–H groups in total.